The summed E-state index contributed by atoms with van der Waals surface area (Å²) in [5.74, 6) is 0.332. The number of nitrogens with one attached hydrogen (secondary N) is 1. The average molecular weight is 701 g/mol. The molecule has 270 valence electrons. The first kappa shape index (κ1) is 36.6. The number of hydrogen-bond acceptors (Lipinski definition) is 6. The maximum atomic E-state index is 14.7. The molecule has 0 spiro atoms. The molecule has 0 radical (unpaired) electrons. The Bertz CT molecular complexity index is 1930. The largest absolute Gasteiger partial charge is 0.488 e. The minimum Gasteiger partial charge on any atom is -0.488 e. The third-order valence-electron chi connectivity index (χ3n) is 9.26. The van der Waals surface area contributed by atoms with Crippen LogP contribution in [0.2, 0.25) is 0 Å². The predicted octanol–water partition coefficient (Wildman–Crippen LogP) is 8.50. The van der Waals surface area contributed by atoms with Gasteiger partial charge in [-0.15, -0.1) is 0 Å². The van der Waals surface area contributed by atoms with Gasteiger partial charge in [-0.25, -0.2) is 4.79 Å². The molecule has 6 rings (SSSR count). The Hall–Kier alpha value is -5.18. The molecule has 2 atom stereocenters. The summed E-state index contributed by atoms with van der Waals surface area (Å²) in [5.41, 5.74) is 5.99. The number of fused-ring (bicyclic) bond motifs is 4. The Morgan fingerprint density at radius 2 is 1.44 bits per heavy atom. The summed E-state index contributed by atoms with van der Waals surface area (Å²) >= 11 is 0. The fraction of sp³-hybridized carbons (Fsp3) is 0.318. The third kappa shape index (κ3) is 8.81. The van der Waals surface area contributed by atoms with Crippen LogP contribution in [0.5, 0.6) is 5.75 Å². The van der Waals surface area contributed by atoms with E-state index in [1.165, 1.54) is 0 Å². The summed E-state index contributed by atoms with van der Waals surface area (Å²) in [5, 5.41) is 5.07. The number of hydrogen-bond donors (Lipinski definition) is 1. The molecule has 1 unspecified atom stereocenters. The second-order valence-electron chi connectivity index (χ2n) is 14.1. The van der Waals surface area contributed by atoms with Gasteiger partial charge < -0.3 is 29.2 Å². The van der Waals surface area contributed by atoms with Gasteiger partial charge in [0.1, 0.15) is 24.0 Å². The fourth-order valence-electron chi connectivity index (χ4n) is 6.92. The van der Waals surface area contributed by atoms with Crippen molar-refractivity contribution in [2.75, 3.05) is 26.9 Å². The van der Waals surface area contributed by atoms with E-state index in [1.54, 1.807) is 12.0 Å². The number of carbonyl (C=O) groups excluding carboxylic acids is 2. The number of alkyl carbamates (subject to hydrolysis) is 1. The van der Waals surface area contributed by atoms with Crippen LogP contribution < -0.4 is 10.1 Å². The highest BCUT2D eigenvalue weighted by Gasteiger charge is 2.32. The number of rotatable bonds is 14. The smallest absolute Gasteiger partial charge is 0.407 e. The van der Waals surface area contributed by atoms with Gasteiger partial charge in [0.05, 0.1) is 6.54 Å². The molecule has 0 bridgehead atoms. The van der Waals surface area contributed by atoms with E-state index in [2.05, 4.69) is 47.8 Å². The number of amides is 2. The molecule has 0 aromatic heterocycles. The van der Waals surface area contributed by atoms with Crippen LogP contribution in [0.4, 0.5) is 4.79 Å². The van der Waals surface area contributed by atoms with Crippen molar-refractivity contribution in [1.29, 1.82) is 0 Å². The monoisotopic (exact) mass is 700 g/mol. The van der Waals surface area contributed by atoms with E-state index in [4.69, 9.17) is 18.9 Å². The Morgan fingerprint density at radius 3 is 2.10 bits per heavy atom. The lowest BCUT2D eigenvalue weighted by Gasteiger charge is -2.31. The molecule has 52 heavy (non-hydrogen) atoms. The highest BCUT2D eigenvalue weighted by molar-refractivity contribution is 5.88. The van der Waals surface area contributed by atoms with E-state index in [1.807, 2.05) is 100 Å². The van der Waals surface area contributed by atoms with Crippen LogP contribution in [-0.2, 0) is 32.0 Å². The second-order valence-corrected chi connectivity index (χ2v) is 14.1. The Balaban J connectivity index is 1.27. The third-order valence-corrected chi connectivity index (χ3v) is 9.26. The van der Waals surface area contributed by atoms with E-state index < -0.39 is 18.4 Å². The Morgan fingerprint density at radius 1 is 0.808 bits per heavy atom. The first-order chi connectivity index (χ1) is 25.1. The summed E-state index contributed by atoms with van der Waals surface area (Å²) in [6.07, 6.45) is -1.09. The quantitative estimate of drug-likeness (QED) is 0.117. The first-order valence-corrected chi connectivity index (χ1v) is 17.9. The number of benzene rings is 5. The molecular formula is C44H48N2O6. The topological polar surface area (TPSA) is 86.3 Å². The van der Waals surface area contributed by atoms with Crippen molar-refractivity contribution in [3.05, 3.63) is 138 Å². The van der Waals surface area contributed by atoms with Crippen molar-refractivity contribution in [2.24, 2.45) is 0 Å². The lowest BCUT2D eigenvalue weighted by molar-refractivity contribution is -0.153. The van der Waals surface area contributed by atoms with Gasteiger partial charge in [0.2, 0.25) is 5.91 Å². The Labute approximate surface area is 306 Å². The molecule has 0 saturated carbocycles. The molecule has 8 nitrogen and oxygen atoms in total. The summed E-state index contributed by atoms with van der Waals surface area (Å²) in [6, 6.07) is 37.2. The molecule has 1 N–H and O–H groups in total. The van der Waals surface area contributed by atoms with Gasteiger partial charge in [0.15, 0.2) is 6.29 Å². The molecule has 5 aromatic rings. The maximum Gasteiger partial charge on any atom is 0.407 e. The van der Waals surface area contributed by atoms with Crippen LogP contribution in [0.1, 0.15) is 55.9 Å². The van der Waals surface area contributed by atoms with Crippen LogP contribution >= 0.6 is 0 Å². The van der Waals surface area contributed by atoms with Crippen molar-refractivity contribution < 1.29 is 28.5 Å². The minimum atomic E-state index is -0.945. The van der Waals surface area contributed by atoms with Crippen molar-refractivity contribution in [3.8, 4) is 16.9 Å². The number of ether oxygens (including phenoxy) is 4. The maximum absolute atomic E-state index is 14.7. The zero-order valence-electron chi connectivity index (χ0n) is 30.6. The molecule has 0 fully saturated rings. The van der Waals surface area contributed by atoms with Gasteiger partial charge in [0.25, 0.3) is 0 Å². The van der Waals surface area contributed by atoms with Crippen LogP contribution in [-0.4, -0.2) is 61.7 Å². The molecule has 5 aromatic carbocycles. The molecule has 0 saturated heterocycles. The SMILES string of the molecule is CCOC(CN(Cc1cccc2ccccc12)C(=O)[C@H](Cc1ccc(OC(C)(C)C)cc1)NC(=O)OCC1c2ccccc2-c2ccccc21)OC. The van der Waals surface area contributed by atoms with E-state index in [9.17, 15) is 9.59 Å². The number of carbonyl (C=O) groups is 2. The van der Waals surface area contributed by atoms with Gasteiger partial charge in [-0.1, -0.05) is 103 Å². The summed E-state index contributed by atoms with van der Waals surface area (Å²) in [6.45, 7) is 8.87. The lowest BCUT2D eigenvalue weighted by Crippen LogP contribution is -2.51. The van der Waals surface area contributed by atoms with Gasteiger partial charge in [-0.3, -0.25) is 4.79 Å². The summed E-state index contributed by atoms with van der Waals surface area (Å²) in [4.78, 5) is 30.1. The molecule has 8 heteroatoms. The van der Waals surface area contributed by atoms with Crippen molar-refractivity contribution in [3.63, 3.8) is 0 Å². The van der Waals surface area contributed by atoms with Crippen LogP contribution in [0.15, 0.2) is 115 Å². The molecule has 0 heterocycles. The minimum absolute atomic E-state index is 0.112. The molecule has 1 aliphatic carbocycles. The summed E-state index contributed by atoms with van der Waals surface area (Å²) in [7, 11) is 1.56. The lowest BCUT2D eigenvalue weighted by atomic mass is 9.98. The van der Waals surface area contributed by atoms with Crippen molar-refractivity contribution in [2.45, 2.75) is 64.5 Å². The highest BCUT2D eigenvalue weighted by Crippen LogP contribution is 2.44. The molecule has 2 amide bonds. The van der Waals surface area contributed by atoms with Gasteiger partial charge >= 0.3 is 6.09 Å². The standard InChI is InChI=1S/C44H48N2O6/c1-6-50-41(49-5)28-46(27-32-16-13-15-31-14-7-8-17-34(31)32)42(47)40(26-30-22-24-33(25-23-30)52-44(2,3)4)45-43(48)51-29-39-37-20-11-9-18-35(37)36-19-10-12-21-38(36)39/h7-25,39-41H,6,26-29H2,1-5H3,(H,45,48)/t40-,41?/m0/s1. The van der Waals surface area contributed by atoms with Crippen LogP contribution in [0.25, 0.3) is 21.9 Å². The average Bonchev–Trinajstić information content (AvgIpc) is 3.46. The van der Waals surface area contributed by atoms with E-state index in [0.29, 0.717) is 6.61 Å². The van der Waals surface area contributed by atoms with Crippen molar-refractivity contribution >= 4 is 22.8 Å². The number of nitrogens with zero attached hydrogens (tertiary/aromatic N) is 1. The second kappa shape index (κ2) is 16.4. The van der Waals surface area contributed by atoms with Crippen molar-refractivity contribution in [1.82, 2.24) is 10.2 Å². The van der Waals surface area contributed by atoms with Gasteiger partial charge in [-0.05, 0) is 84.0 Å². The molecular weight excluding hydrogens is 652 g/mol. The fourth-order valence-corrected chi connectivity index (χ4v) is 6.92. The molecule has 1 aliphatic rings. The van der Waals surface area contributed by atoms with Gasteiger partial charge in [0, 0.05) is 32.6 Å². The van der Waals surface area contributed by atoms with Crippen LogP contribution in [0.3, 0.4) is 0 Å². The highest BCUT2D eigenvalue weighted by atomic mass is 16.7. The normalized spacial score (nSPS) is 13.6. The number of methoxy groups -OCH3 is 1. The molecule has 0 aliphatic heterocycles. The van der Waals surface area contributed by atoms with E-state index in [0.717, 1.165) is 49.9 Å². The van der Waals surface area contributed by atoms with Crippen LogP contribution in [0, 0.1) is 0 Å². The zero-order chi connectivity index (χ0) is 36.7. The van der Waals surface area contributed by atoms with E-state index >= 15 is 0 Å². The van der Waals surface area contributed by atoms with Gasteiger partial charge in [-0.2, -0.15) is 0 Å². The van der Waals surface area contributed by atoms with E-state index in [-0.39, 0.29) is 43.5 Å². The zero-order valence-corrected chi connectivity index (χ0v) is 30.6. The summed E-state index contributed by atoms with van der Waals surface area (Å²) < 4.78 is 23.4. The Kier molecular flexibility index (Phi) is 11.6. The predicted molar refractivity (Wildman–Crippen MR) is 204 cm³/mol. The first-order valence-electron chi connectivity index (χ1n) is 17.9.